The summed E-state index contributed by atoms with van der Waals surface area (Å²) in [5.74, 6) is -0.239. The van der Waals surface area contributed by atoms with Gasteiger partial charge < -0.3 is 15.0 Å². The van der Waals surface area contributed by atoms with Crippen molar-refractivity contribution in [2.75, 3.05) is 18.4 Å². The van der Waals surface area contributed by atoms with Crippen LogP contribution in [0.5, 0.6) is 0 Å². The van der Waals surface area contributed by atoms with Crippen molar-refractivity contribution in [2.45, 2.75) is 44.9 Å². The van der Waals surface area contributed by atoms with Crippen LogP contribution in [0.25, 0.3) is 0 Å². The topological polar surface area (TPSA) is 79.0 Å². The smallest absolute Gasteiger partial charge is 0.411 e. The number of nitrogens with zero attached hydrogens (tertiary/aromatic N) is 2. The molecular weight excluding hydrogens is 466 g/mol. The van der Waals surface area contributed by atoms with Crippen LogP contribution in [0.2, 0.25) is 0 Å². The molecule has 5 rings (SSSR count). The van der Waals surface area contributed by atoms with Crippen LogP contribution in [0.1, 0.15) is 41.2 Å². The van der Waals surface area contributed by atoms with E-state index in [0.717, 1.165) is 29.5 Å². The van der Waals surface area contributed by atoms with Gasteiger partial charge in [-0.15, -0.1) is 0 Å². The number of amides is 3. The van der Waals surface area contributed by atoms with E-state index in [0.29, 0.717) is 24.3 Å². The lowest BCUT2D eigenvalue weighted by molar-refractivity contribution is -0.135. The minimum atomic E-state index is -0.776. The van der Waals surface area contributed by atoms with E-state index in [2.05, 4.69) is 5.32 Å². The molecule has 2 saturated heterocycles. The molecule has 2 aliphatic heterocycles. The summed E-state index contributed by atoms with van der Waals surface area (Å²) in [7, 11) is 0. The Kier molecular flexibility index (Phi) is 7.21. The number of hydrogen-bond donors (Lipinski definition) is 1. The fourth-order valence-corrected chi connectivity index (χ4v) is 4.99. The fraction of sp³-hybridized carbons (Fsp3) is 0.300. The number of hydrogen-bond acceptors (Lipinski definition) is 4. The molecule has 7 nitrogen and oxygen atoms in total. The van der Waals surface area contributed by atoms with Crippen LogP contribution in [-0.2, 0) is 27.3 Å². The number of rotatable bonds is 7. The van der Waals surface area contributed by atoms with Gasteiger partial charge in [0.15, 0.2) is 12.1 Å². The van der Waals surface area contributed by atoms with E-state index < -0.39 is 18.2 Å². The molecule has 2 atom stereocenters. The van der Waals surface area contributed by atoms with Gasteiger partial charge in [-0.25, -0.2) is 4.79 Å². The largest absolute Gasteiger partial charge is 0.438 e. The van der Waals surface area contributed by atoms with Crippen LogP contribution in [-0.4, -0.2) is 46.8 Å². The van der Waals surface area contributed by atoms with Crippen molar-refractivity contribution in [1.29, 1.82) is 0 Å². The van der Waals surface area contributed by atoms with Crippen molar-refractivity contribution in [2.24, 2.45) is 0 Å². The molecule has 190 valence electrons. The van der Waals surface area contributed by atoms with E-state index >= 15 is 0 Å². The first-order chi connectivity index (χ1) is 18.0. The molecule has 7 heteroatoms. The maximum Gasteiger partial charge on any atom is 0.411 e. The Labute approximate surface area is 217 Å². The maximum atomic E-state index is 13.7. The van der Waals surface area contributed by atoms with Crippen molar-refractivity contribution in [3.63, 3.8) is 0 Å². The lowest BCUT2D eigenvalue weighted by atomic mass is 9.99. The van der Waals surface area contributed by atoms with Crippen LogP contribution in [0.3, 0.4) is 0 Å². The summed E-state index contributed by atoms with van der Waals surface area (Å²) in [5.41, 5.74) is 4.25. The number of aryl methyl sites for hydroxylation is 1. The highest BCUT2D eigenvalue weighted by atomic mass is 16.6. The van der Waals surface area contributed by atoms with Gasteiger partial charge in [0.2, 0.25) is 11.8 Å². The zero-order valence-corrected chi connectivity index (χ0v) is 20.9. The van der Waals surface area contributed by atoms with Crippen LogP contribution in [0, 0.1) is 6.92 Å². The molecule has 0 aliphatic carbocycles. The highest BCUT2D eigenvalue weighted by molar-refractivity contribution is 5.92. The Balaban J connectivity index is 1.39. The van der Waals surface area contributed by atoms with E-state index in [9.17, 15) is 14.4 Å². The monoisotopic (exact) mass is 497 g/mol. The molecule has 3 aromatic carbocycles. The summed E-state index contributed by atoms with van der Waals surface area (Å²) in [6.07, 6.45) is 0.889. The molecule has 3 amide bonds. The summed E-state index contributed by atoms with van der Waals surface area (Å²) >= 11 is 0. The number of anilines is 1. The van der Waals surface area contributed by atoms with E-state index in [1.165, 1.54) is 4.90 Å². The third kappa shape index (κ3) is 5.66. The minimum Gasteiger partial charge on any atom is -0.438 e. The van der Waals surface area contributed by atoms with E-state index in [-0.39, 0.29) is 24.8 Å². The quantitative estimate of drug-likeness (QED) is 0.506. The van der Waals surface area contributed by atoms with Crippen molar-refractivity contribution in [3.05, 3.63) is 101 Å². The predicted octanol–water partition coefficient (Wildman–Crippen LogP) is 4.86. The number of carbonyl (C=O) groups excluding carboxylic acids is 3. The van der Waals surface area contributed by atoms with Gasteiger partial charge in [0.25, 0.3) is 0 Å². The van der Waals surface area contributed by atoms with Crippen molar-refractivity contribution >= 4 is 23.6 Å². The van der Waals surface area contributed by atoms with Crippen molar-refractivity contribution in [1.82, 2.24) is 9.80 Å². The average Bonchev–Trinajstić information content (AvgIpc) is 3.55. The minimum absolute atomic E-state index is 0.0982. The van der Waals surface area contributed by atoms with Crippen LogP contribution >= 0.6 is 0 Å². The first-order valence-corrected chi connectivity index (χ1v) is 12.7. The highest BCUT2D eigenvalue weighted by Crippen LogP contribution is 2.36. The first-order valence-electron chi connectivity index (χ1n) is 12.7. The summed E-state index contributed by atoms with van der Waals surface area (Å²) < 4.78 is 5.83. The Morgan fingerprint density at radius 2 is 1.65 bits per heavy atom. The van der Waals surface area contributed by atoms with Gasteiger partial charge in [-0.2, -0.15) is 0 Å². The molecule has 2 fully saturated rings. The molecule has 0 saturated carbocycles. The highest BCUT2D eigenvalue weighted by Gasteiger charge is 2.48. The van der Waals surface area contributed by atoms with Crippen molar-refractivity contribution in [3.8, 4) is 0 Å². The predicted molar refractivity (Wildman–Crippen MR) is 141 cm³/mol. The number of cyclic esters (lactones) is 1. The van der Waals surface area contributed by atoms with Crippen LogP contribution < -0.4 is 5.32 Å². The van der Waals surface area contributed by atoms with Gasteiger partial charge in [-0.05, 0) is 48.6 Å². The van der Waals surface area contributed by atoms with Gasteiger partial charge >= 0.3 is 6.09 Å². The zero-order valence-electron chi connectivity index (χ0n) is 20.9. The molecule has 0 unspecified atom stereocenters. The molecule has 0 spiro atoms. The van der Waals surface area contributed by atoms with Crippen molar-refractivity contribution < 1.29 is 19.1 Å². The normalized spacial score (nSPS) is 19.1. The molecule has 2 aliphatic rings. The fourth-order valence-electron chi connectivity index (χ4n) is 4.99. The second-order valence-corrected chi connectivity index (χ2v) is 9.73. The van der Waals surface area contributed by atoms with Gasteiger partial charge in [-0.1, -0.05) is 72.3 Å². The molecule has 3 aromatic rings. The second kappa shape index (κ2) is 10.9. The standard InChI is InChI=1S/C30H31N3O4/c1-21-12-14-23(15-13-21)20-33-27(29(35)32-16-5-6-17-32)28(37-30(33)36)24-10-7-11-25(19-24)31-26(34)18-22-8-3-2-4-9-22/h2-4,7-15,19,27-28H,5-6,16-18,20H2,1H3,(H,31,34)/t27-,28-/m0/s1. The summed E-state index contributed by atoms with van der Waals surface area (Å²) in [6.45, 7) is 3.66. The van der Waals surface area contributed by atoms with Crippen LogP contribution in [0.15, 0.2) is 78.9 Å². The molecular formula is C30H31N3O4. The molecule has 37 heavy (non-hydrogen) atoms. The van der Waals surface area contributed by atoms with Crippen LogP contribution in [0.4, 0.5) is 10.5 Å². The maximum absolute atomic E-state index is 13.7. The molecule has 0 radical (unpaired) electrons. The Morgan fingerprint density at radius 1 is 0.919 bits per heavy atom. The Bertz CT molecular complexity index is 1270. The molecule has 0 aromatic heterocycles. The van der Waals surface area contributed by atoms with Gasteiger partial charge in [0.05, 0.1) is 13.0 Å². The average molecular weight is 498 g/mol. The molecule has 1 N–H and O–H groups in total. The van der Waals surface area contributed by atoms with Gasteiger partial charge in [-0.3, -0.25) is 14.5 Å². The summed E-state index contributed by atoms with van der Waals surface area (Å²) in [6, 6.07) is 23.9. The van der Waals surface area contributed by atoms with E-state index in [1.54, 1.807) is 18.2 Å². The summed E-state index contributed by atoms with van der Waals surface area (Å²) in [4.78, 5) is 42.8. The Hall–Kier alpha value is -4.13. The number of nitrogens with one attached hydrogen (secondary N) is 1. The number of benzene rings is 3. The first kappa shape index (κ1) is 24.6. The molecule has 2 heterocycles. The van der Waals surface area contributed by atoms with Gasteiger partial charge in [0.1, 0.15) is 0 Å². The van der Waals surface area contributed by atoms with Gasteiger partial charge in [0, 0.05) is 18.8 Å². The number of carbonyl (C=O) groups is 3. The molecule has 0 bridgehead atoms. The van der Waals surface area contributed by atoms with E-state index in [1.807, 2.05) is 72.5 Å². The third-order valence-electron chi connectivity index (χ3n) is 6.94. The summed E-state index contributed by atoms with van der Waals surface area (Å²) in [5, 5.41) is 2.93. The SMILES string of the molecule is Cc1ccc(CN2C(=O)O[C@@H](c3cccc(NC(=O)Cc4ccccc4)c3)[C@H]2C(=O)N2CCCC2)cc1. The lowest BCUT2D eigenvalue weighted by Crippen LogP contribution is -2.47. The number of ether oxygens (including phenoxy) is 1. The number of likely N-dealkylation sites (tertiary alicyclic amines) is 1. The lowest BCUT2D eigenvalue weighted by Gasteiger charge is -2.28. The zero-order chi connectivity index (χ0) is 25.8. The third-order valence-corrected chi connectivity index (χ3v) is 6.94. The Morgan fingerprint density at radius 3 is 2.38 bits per heavy atom. The second-order valence-electron chi connectivity index (χ2n) is 9.73. The van der Waals surface area contributed by atoms with E-state index in [4.69, 9.17) is 4.74 Å².